The first-order chi connectivity index (χ1) is 13.4. The number of nitrogens with zero attached hydrogens (tertiary/aromatic N) is 1. The van der Waals surface area contributed by atoms with Gasteiger partial charge in [-0.15, -0.1) is 0 Å². The molecule has 1 aromatic rings. The molecule has 29 heavy (non-hydrogen) atoms. The normalized spacial score (nSPS) is 26.1. The Kier molecular flexibility index (Phi) is 6.13. The lowest BCUT2D eigenvalue weighted by Gasteiger charge is -2.37. The molecule has 1 aliphatic heterocycles. The summed E-state index contributed by atoms with van der Waals surface area (Å²) in [6, 6.07) is 2.31. The van der Waals surface area contributed by atoms with Crippen LogP contribution in [0.2, 0.25) is 0 Å². The summed E-state index contributed by atoms with van der Waals surface area (Å²) in [4.78, 5) is 30.6. The topological polar surface area (TPSA) is 77.2 Å². The second-order valence-electron chi connectivity index (χ2n) is 10.8. The van der Waals surface area contributed by atoms with Gasteiger partial charge in [0.15, 0.2) is 0 Å². The highest BCUT2D eigenvalue weighted by molar-refractivity contribution is 5.97. The average molecular weight is 403 g/mol. The van der Waals surface area contributed by atoms with E-state index in [1.807, 2.05) is 17.2 Å². The van der Waals surface area contributed by atoms with Gasteiger partial charge in [0.05, 0.1) is 0 Å². The molecule has 6 nitrogen and oxygen atoms in total. The zero-order valence-electron chi connectivity index (χ0n) is 18.9. The van der Waals surface area contributed by atoms with E-state index in [0.717, 1.165) is 37.8 Å². The molecule has 0 bridgehead atoms. The highest BCUT2D eigenvalue weighted by atomic mass is 16.2. The van der Waals surface area contributed by atoms with Crippen molar-refractivity contribution in [3.8, 4) is 0 Å². The molecule has 0 spiro atoms. The first-order valence-electron chi connectivity index (χ1n) is 11.0. The van der Waals surface area contributed by atoms with Crippen LogP contribution in [-0.2, 0) is 10.2 Å². The number of amides is 2. The second-order valence-corrected chi connectivity index (χ2v) is 10.8. The Labute approximate surface area is 175 Å². The maximum absolute atomic E-state index is 12.9. The molecular weight excluding hydrogens is 364 g/mol. The molecule has 1 unspecified atom stereocenters. The third-order valence-electron chi connectivity index (χ3n) is 6.11. The van der Waals surface area contributed by atoms with Gasteiger partial charge in [-0.2, -0.15) is 0 Å². The number of rotatable bonds is 4. The van der Waals surface area contributed by atoms with Crippen LogP contribution in [0.15, 0.2) is 12.3 Å². The molecule has 2 fully saturated rings. The predicted molar refractivity (Wildman–Crippen MR) is 116 cm³/mol. The maximum Gasteiger partial charge on any atom is 0.268 e. The van der Waals surface area contributed by atoms with Crippen LogP contribution in [0, 0.1) is 0 Å². The van der Waals surface area contributed by atoms with Gasteiger partial charge in [0.1, 0.15) is 11.7 Å². The SMILES string of the molecule is CC(C)(C)NC1CCC(N2CCC(NC(=O)c3cc(C(C)(C)C)c[nH]3)C2=O)CC1. The monoisotopic (exact) mass is 402 g/mol. The molecule has 6 heteroatoms. The van der Waals surface area contributed by atoms with Gasteiger partial charge in [-0.1, -0.05) is 20.8 Å². The Balaban J connectivity index is 1.52. The summed E-state index contributed by atoms with van der Waals surface area (Å²) in [5.74, 6) is -0.119. The fraction of sp³-hybridized carbons (Fsp3) is 0.739. The second kappa shape index (κ2) is 8.13. The van der Waals surface area contributed by atoms with Crippen LogP contribution < -0.4 is 10.6 Å². The summed E-state index contributed by atoms with van der Waals surface area (Å²) in [5, 5.41) is 6.63. The Bertz CT molecular complexity index is 733. The van der Waals surface area contributed by atoms with Crippen LogP contribution >= 0.6 is 0 Å². The Morgan fingerprint density at radius 3 is 2.28 bits per heavy atom. The smallest absolute Gasteiger partial charge is 0.268 e. The summed E-state index contributed by atoms with van der Waals surface area (Å²) in [7, 11) is 0. The minimum Gasteiger partial charge on any atom is -0.357 e. The molecule has 3 rings (SSSR count). The van der Waals surface area contributed by atoms with Crippen molar-refractivity contribution < 1.29 is 9.59 Å². The quantitative estimate of drug-likeness (QED) is 0.723. The first-order valence-corrected chi connectivity index (χ1v) is 11.0. The minimum atomic E-state index is -0.408. The lowest BCUT2D eigenvalue weighted by atomic mass is 9.89. The average Bonchev–Trinajstić information content (AvgIpc) is 3.22. The van der Waals surface area contributed by atoms with Gasteiger partial charge >= 0.3 is 0 Å². The van der Waals surface area contributed by atoms with Crippen LogP contribution in [0.4, 0.5) is 0 Å². The van der Waals surface area contributed by atoms with E-state index in [4.69, 9.17) is 0 Å². The van der Waals surface area contributed by atoms with Crippen molar-refractivity contribution in [1.82, 2.24) is 20.5 Å². The van der Waals surface area contributed by atoms with E-state index in [-0.39, 0.29) is 22.8 Å². The van der Waals surface area contributed by atoms with Gasteiger partial charge in [0, 0.05) is 30.4 Å². The van der Waals surface area contributed by atoms with Gasteiger partial charge < -0.3 is 20.5 Å². The van der Waals surface area contributed by atoms with Gasteiger partial charge in [-0.05, 0) is 69.9 Å². The van der Waals surface area contributed by atoms with Crippen molar-refractivity contribution >= 4 is 11.8 Å². The number of aromatic amines is 1. The molecule has 162 valence electrons. The number of carbonyl (C=O) groups is 2. The number of likely N-dealkylation sites (tertiary alicyclic amines) is 1. The summed E-state index contributed by atoms with van der Waals surface area (Å²) in [6.45, 7) is 13.7. The molecule has 2 amide bonds. The van der Waals surface area contributed by atoms with Crippen LogP contribution in [0.1, 0.15) is 89.7 Å². The van der Waals surface area contributed by atoms with E-state index in [1.54, 1.807) is 0 Å². The lowest BCUT2D eigenvalue weighted by Crippen LogP contribution is -2.49. The van der Waals surface area contributed by atoms with Gasteiger partial charge in [0.2, 0.25) is 5.91 Å². The summed E-state index contributed by atoms with van der Waals surface area (Å²) in [6.07, 6.45) is 6.83. The molecule has 1 saturated carbocycles. The molecule has 0 aromatic carbocycles. The van der Waals surface area contributed by atoms with Gasteiger partial charge in [0.25, 0.3) is 5.91 Å². The molecule has 1 atom stereocenters. The van der Waals surface area contributed by atoms with Crippen LogP contribution in [-0.4, -0.2) is 51.9 Å². The number of nitrogens with one attached hydrogen (secondary N) is 3. The van der Waals surface area contributed by atoms with Crippen LogP contribution in [0.25, 0.3) is 0 Å². The van der Waals surface area contributed by atoms with E-state index in [0.29, 0.717) is 24.2 Å². The van der Waals surface area contributed by atoms with Crippen molar-refractivity contribution in [3.63, 3.8) is 0 Å². The van der Waals surface area contributed by atoms with E-state index < -0.39 is 6.04 Å². The largest absolute Gasteiger partial charge is 0.357 e. The van der Waals surface area contributed by atoms with Crippen LogP contribution in [0.5, 0.6) is 0 Å². The molecular formula is C23H38N4O2. The van der Waals surface area contributed by atoms with Crippen molar-refractivity contribution in [1.29, 1.82) is 0 Å². The van der Waals surface area contributed by atoms with E-state index >= 15 is 0 Å². The van der Waals surface area contributed by atoms with Crippen molar-refractivity contribution in [2.45, 2.75) is 103 Å². The maximum atomic E-state index is 12.9. The summed E-state index contributed by atoms with van der Waals surface area (Å²) >= 11 is 0. The number of hydrogen-bond acceptors (Lipinski definition) is 3. The van der Waals surface area contributed by atoms with Crippen molar-refractivity contribution in [3.05, 3.63) is 23.5 Å². The summed E-state index contributed by atoms with van der Waals surface area (Å²) in [5.41, 5.74) is 1.72. The zero-order chi connectivity index (χ0) is 21.4. The fourth-order valence-corrected chi connectivity index (χ4v) is 4.54. The zero-order valence-corrected chi connectivity index (χ0v) is 18.9. The van der Waals surface area contributed by atoms with E-state index in [9.17, 15) is 9.59 Å². The van der Waals surface area contributed by atoms with Crippen molar-refractivity contribution in [2.24, 2.45) is 0 Å². The Morgan fingerprint density at radius 2 is 1.72 bits per heavy atom. The minimum absolute atomic E-state index is 0.0182. The molecule has 2 heterocycles. The van der Waals surface area contributed by atoms with Gasteiger partial charge in [-0.3, -0.25) is 9.59 Å². The first kappa shape index (κ1) is 21.9. The lowest BCUT2D eigenvalue weighted by molar-refractivity contribution is -0.131. The number of aromatic nitrogens is 1. The molecule has 1 aliphatic carbocycles. The van der Waals surface area contributed by atoms with Crippen molar-refractivity contribution in [2.75, 3.05) is 6.54 Å². The Morgan fingerprint density at radius 1 is 1.07 bits per heavy atom. The van der Waals surface area contributed by atoms with Crippen LogP contribution in [0.3, 0.4) is 0 Å². The molecule has 3 N–H and O–H groups in total. The molecule has 2 aliphatic rings. The van der Waals surface area contributed by atoms with E-state index in [1.165, 1.54) is 0 Å². The molecule has 1 saturated heterocycles. The number of H-pyrrole nitrogens is 1. The fourth-order valence-electron chi connectivity index (χ4n) is 4.54. The third-order valence-corrected chi connectivity index (χ3v) is 6.11. The van der Waals surface area contributed by atoms with Gasteiger partial charge in [-0.25, -0.2) is 0 Å². The van der Waals surface area contributed by atoms with E-state index in [2.05, 4.69) is 57.2 Å². The number of hydrogen-bond donors (Lipinski definition) is 3. The summed E-state index contributed by atoms with van der Waals surface area (Å²) < 4.78 is 0. The molecule has 1 aromatic heterocycles. The predicted octanol–water partition coefficient (Wildman–Crippen LogP) is 3.34. The highest BCUT2D eigenvalue weighted by Gasteiger charge is 2.38. The standard InChI is InChI=1S/C23H38N4O2/c1-22(2,3)15-13-19(24-14-15)20(28)25-18-11-12-27(21(18)29)17-9-7-16(8-10-17)26-23(4,5)6/h13-14,16-18,24,26H,7-12H2,1-6H3,(H,25,28). The Hall–Kier alpha value is -1.82. The third kappa shape index (κ3) is 5.41. The number of carbonyl (C=O) groups excluding carboxylic acids is 2. The molecule has 0 radical (unpaired) electrons. The highest BCUT2D eigenvalue weighted by Crippen LogP contribution is 2.28.